The number of carbonyl (C=O) groups is 1. The van der Waals surface area contributed by atoms with Crippen LogP contribution in [0.1, 0.15) is 16.8 Å². The average molecular weight is 212 g/mol. The molecule has 1 aromatic rings. The summed E-state index contributed by atoms with van der Waals surface area (Å²) in [6.07, 6.45) is 0.198. The zero-order chi connectivity index (χ0) is 11.3. The molecular weight excluding hydrogens is 199 g/mol. The molecule has 0 saturated carbocycles. The summed E-state index contributed by atoms with van der Waals surface area (Å²) in [5, 5.41) is 0. The molecule has 0 aromatic heterocycles. The molecule has 4 nitrogen and oxygen atoms in total. The van der Waals surface area contributed by atoms with Crippen molar-refractivity contribution in [2.24, 2.45) is 0 Å². The zero-order valence-corrected chi connectivity index (χ0v) is 8.20. The topological polar surface area (TPSA) is 78.3 Å². The van der Waals surface area contributed by atoms with E-state index in [1.165, 1.54) is 12.1 Å². The molecule has 0 aliphatic carbocycles. The lowest BCUT2D eigenvalue weighted by atomic mass is 10.2. The number of benzene rings is 1. The minimum atomic E-state index is -0.539. The Kier molecular flexibility index (Phi) is 3.91. The fourth-order valence-corrected chi connectivity index (χ4v) is 1.10. The molecule has 0 amide bonds. The van der Waals surface area contributed by atoms with Gasteiger partial charge in [0.25, 0.3) is 0 Å². The standard InChI is InChI=1S/C10H13FN2O2/c11-2-1-3-15-10(14)7-4-8(12)6-9(13)5-7/h4-6H,1-3,12-13H2. The van der Waals surface area contributed by atoms with Crippen LogP contribution in [0.25, 0.3) is 0 Å². The lowest BCUT2D eigenvalue weighted by Crippen LogP contribution is -2.08. The van der Waals surface area contributed by atoms with Gasteiger partial charge in [-0.1, -0.05) is 0 Å². The van der Waals surface area contributed by atoms with Gasteiger partial charge < -0.3 is 16.2 Å². The van der Waals surface area contributed by atoms with Crippen molar-refractivity contribution in [3.63, 3.8) is 0 Å². The van der Waals surface area contributed by atoms with E-state index in [1.54, 1.807) is 6.07 Å². The molecule has 0 bridgehead atoms. The summed E-state index contributed by atoms with van der Waals surface area (Å²) in [5.41, 5.74) is 12.1. The van der Waals surface area contributed by atoms with Gasteiger partial charge in [-0.15, -0.1) is 0 Å². The van der Waals surface area contributed by atoms with Gasteiger partial charge in [0.1, 0.15) is 0 Å². The van der Waals surface area contributed by atoms with Crippen molar-refractivity contribution >= 4 is 17.3 Å². The van der Waals surface area contributed by atoms with E-state index in [2.05, 4.69) is 0 Å². The Balaban J connectivity index is 2.65. The molecule has 0 fully saturated rings. The second-order valence-corrected chi connectivity index (χ2v) is 3.07. The number of hydrogen-bond donors (Lipinski definition) is 2. The molecule has 0 aliphatic heterocycles. The molecule has 0 aliphatic rings. The van der Waals surface area contributed by atoms with Crippen LogP contribution >= 0.6 is 0 Å². The molecule has 1 rings (SSSR count). The first-order chi connectivity index (χ1) is 7.13. The third-order valence-electron chi connectivity index (χ3n) is 1.72. The number of hydrogen-bond acceptors (Lipinski definition) is 4. The van der Waals surface area contributed by atoms with Crippen LogP contribution in [0.3, 0.4) is 0 Å². The van der Waals surface area contributed by atoms with E-state index in [-0.39, 0.29) is 18.6 Å². The normalized spacial score (nSPS) is 9.93. The van der Waals surface area contributed by atoms with Gasteiger partial charge in [0.05, 0.1) is 18.8 Å². The van der Waals surface area contributed by atoms with Crippen LogP contribution in [-0.2, 0) is 4.74 Å². The molecule has 0 radical (unpaired) electrons. The molecule has 0 heterocycles. The second-order valence-electron chi connectivity index (χ2n) is 3.07. The van der Waals surface area contributed by atoms with E-state index >= 15 is 0 Å². The van der Waals surface area contributed by atoms with Crippen molar-refractivity contribution in [3.8, 4) is 0 Å². The highest BCUT2D eigenvalue weighted by molar-refractivity contribution is 5.91. The van der Waals surface area contributed by atoms with Crippen LogP contribution in [0.4, 0.5) is 15.8 Å². The molecule has 15 heavy (non-hydrogen) atoms. The van der Waals surface area contributed by atoms with Gasteiger partial charge in [0, 0.05) is 17.8 Å². The molecule has 5 heteroatoms. The Hall–Kier alpha value is -1.78. The predicted octanol–water partition coefficient (Wildman–Crippen LogP) is 1.37. The second kappa shape index (κ2) is 5.19. The number of alkyl halides is 1. The number of nitrogen functional groups attached to an aromatic ring is 2. The molecule has 4 N–H and O–H groups in total. The van der Waals surface area contributed by atoms with Gasteiger partial charge in [0.15, 0.2) is 0 Å². The summed E-state index contributed by atoms with van der Waals surface area (Å²) < 4.78 is 16.5. The molecule has 82 valence electrons. The minimum absolute atomic E-state index is 0.0596. The van der Waals surface area contributed by atoms with Crippen LogP contribution in [0.2, 0.25) is 0 Å². The highest BCUT2D eigenvalue weighted by atomic mass is 19.1. The number of rotatable bonds is 4. The summed E-state index contributed by atoms with van der Waals surface area (Å²) in [6, 6.07) is 4.47. The Morgan fingerprint density at radius 2 is 1.87 bits per heavy atom. The maximum Gasteiger partial charge on any atom is 0.338 e. The van der Waals surface area contributed by atoms with Gasteiger partial charge in [0.2, 0.25) is 0 Å². The van der Waals surface area contributed by atoms with Crippen LogP contribution in [0.5, 0.6) is 0 Å². The number of halogens is 1. The zero-order valence-electron chi connectivity index (χ0n) is 8.20. The van der Waals surface area contributed by atoms with E-state index < -0.39 is 12.6 Å². The molecule has 1 aromatic carbocycles. The molecule has 0 atom stereocenters. The van der Waals surface area contributed by atoms with E-state index in [4.69, 9.17) is 16.2 Å². The SMILES string of the molecule is Nc1cc(N)cc(C(=O)OCCCF)c1. The highest BCUT2D eigenvalue weighted by Crippen LogP contribution is 2.14. The van der Waals surface area contributed by atoms with Crippen molar-refractivity contribution in [2.45, 2.75) is 6.42 Å². The van der Waals surface area contributed by atoms with E-state index in [1.807, 2.05) is 0 Å². The maximum atomic E-state index is 11.7. The average Bonchev–Trinajstić information content (AvgIpc) is 2.16. The van der Waals surface area contributed by atoms with Crippen LogP contribution < -0.4 is 11.5 Å². The van der Waals surface area contributed by atoms with E-state index in [0.717, 1.165) is 0 Å². The Labute approximate surface area is 87.0 Å². The summed E-state index contributed by atoms with van der Waals surface area (Å²) >= 11 is 0. The van der Waals surface area contributed by atoms with E-state index in [9.17, 15) is 9.18 Å². The highest BCUT2D eigenvalue weighted by Gasteiger charge is 2.08. The molecule has 0 saturated heterocycles. The van der Waals surface area contributed by atoms with Crippen molar-refractivity contribution in [3.05, 3.63) is 23.8 Å². The lowest BCUT2D eigenvalue weighted by molar-refractivity contribution is 0.0494. The minimum Gasteiger partial charge on any atom is -0.462 e. The number of ether oxygens (including phenoxy) is 1. The van der Waals surface area contributed by atoms with Crippen LogP contribution in [0, 0.1) is 0 Å². The van der Waals surface area contributed by atoms with Gasteiger partial charge in [-0.05, 0) is 18.2 Å². The monoisotopic (exact) mass is 212 g/mol. The largest absolute Gasteiger partial charge is 0.462 e. The van der Waals surface area contributed by atoms with Gasteiger partial charge in [-0.2, -0.15) is 0 Å². The Bertz CT molecular complexity index is 335. The Morgan fingerprint density at radius 1 is 1.27 bits per heavy atom. The number of esters is 1. The van der Waals surface area contributed by atoms with Crippen molar-refractivity contribution in [1.29, 1.82) is 0 Å². The smallest absolute Gasteiger partial charge is 0.338 e. The Morgan fingerprint density at radius 3 is 2.40 bits per heavy atom. The number of nitrogens with two attached hydrogens (primary N) is 2. The molecule has 0 spiro atoms. The third-order valence-corrected chi connectivity index (χ3v) is 1.72. The molecule has 0 unspecified atom stereocenters. The maximum absolute atomic E-state index is 11.7. The quantitative estimate of drug-likeness (QED) is 0.449. The van der Waals surface area contributed by atoms with Gasteiger partial charge in [-0.3, -0.25) is 4.39 Å². The first-order valence-corrected chi connectivity index (χ1v) is 4.52. The van der Waals surface area contributed by atoms with Crippen molar-refractivity contribution in [1.82, 2.24) is 0 Å². The first kappa shape index (κ1) is 11.3. The van der Waals surface area contributed by atoms with E-state index in [0.29, 0.717) is 11.4 Å². The summed E-state index contributed by atoms with van der Waals surface area (Å²) in [7, 11) is 0. The van der Waals surface area contributed by atoms with Gasteiger partial charge in [-0.25, -0.2) is 4.79 Å². The first-order valence-electron chi connectivity index (χ1n) is 4.52. The fourth-order valence-electron chi connectivity index (χ4n) is 1.10. The van der Waals surface area contributed by atoms with Crippen LogP contribution in [0.15, 0.2) is 18.2 Å². The van der Waals surface area contributed by atoms with Crippen molar-refractivity contribution in [2.75, 3.05) is 24.7 Å². The third kappa shape index (κ3) is 3.46. The van der Waals surface area contributed by atoms with Gasteiger partial charge >= 0.3 is 5.97 Å². The summed E-state index contributed by atoms with van der Waals surface area (Å²) in [4.78, 5) is 11.4. The summed E-state index contributed by atoms with van der Waals surface area (Å²) in [6.45, 7) is -0.448. The summed E-state index contributed by atoms with van der Waals surface area (Å²) in [5.74, 6) is -0.539. The molecular formula is C10H13FN2O2. The number of anilines is 2. The van der Waals surface area contributed by atoms with Crippen molar-refractivity contribution < 1.29 is 13.9 Å². The predicted molar refractivity (Wildman–Crippen MR) is 56.1 cm³/mol. The lowest BCUT2D eigenvalue weighted by Gasteiger charge is -2.05. The fraction of sp³-hybridized carbons (Fsp3) is 0.300. The number of carbonyl (C=O) groups excluding carboxylic acids is 1. The van der Waals surface area contributed by atoms with Crippen LogP contribution in [-0.4, -0.2) is 19.3 Å².